The van der Waals surface area contributed by atoms with E-state index in [4.69, 9.17) is 0 Å². The van der Waals surface area contributed by atoms with E-state index in [9.17, 15) is 8.42 Å². The van der Waals surface area contributed by atoms with E-state index >= 15 is 0 Å². The summed E-state index contributed by atoms with van der Waals surface area (Å²) in [5, 5.41) is 0. The van der Waals surface area contributed by atoms with Gasteiger partial charge >= 0.3 is 10.2 Å². The second kappa shape index (κ2) is 6.26. The average molecular weight is 328 g/mol. The number of hydrogen-bond acceptors (Lipinski definition) is 2. The van der Waals surface area contributed by atoms with Gasteiger partial charge in [-0.15, -0.1) is 0 Å². The number of nitrogens with zero attached hydrogens (tertiary/aromatic N) is 1. The quantitative estimate of drug-likeness (QED) is 0.914. The molecule has 0 saturated heterocycles. The first-order valence-corrected chi connectivity index (χ1v) is 9.27. The van der Waals surface area contributed by atoms with E-state index in [1.54, 1.807) is 0 Å². The third-order valence-electron chi connectivity index (χ3n) is 4.14. The Morgan fingerprint density at radius 1 is 1.00 bits per heavy atom. The zero-order valence-electron chi connectivity index (χ0n) is 13.1. The summed E-state index contributed by atoms with van der Waals surface area (Å²) in [6, 6.07) is 19.2. The highest BCUT2D eigenvalue weighted by Gasteiger charge is 2.46. The van der Waals surface area contributed by atoms with E-state index < -0.39 is 15.7 Å². The minimum atomic E-state index is -3.69. The van der Waals surface area contributed by atoms with Gasteiger partial charge in [-0.2, -0.15) is 17.5 Å². The lowest BCUT2D eigenvalue weighted by Gasteiger charge is -2.31. The van der Waals surface area contributed by atoms with Crippen LogP contribution in [-0.4, -0.2) is 14.1 Å². The van der Waals surface area contributed by atoms with Crippen LogP contribution >= 0.6 is 0 Å². The van der Waals surface area contributed by atoms with Crippen LogP contribution in [0.3, 0.4) is 0 Å². The maximum absolute atomic E-state index is 12.3. The molecule has 4 nitrogen and oxygen atoms in total. The Hall–Kier alpha value is -1.98. The molecule has 1 unspecified atom stereocenters. The van der Waals surface area contributed by atoms with Gasteiger partial charge < -0.3 is 0 Å². The molecule has 120 valence electrons. The summed E-state index contributed by atoms with van der Waals surface area (Å²) in [6.07, 6.45) is 2.57. The monoisotopic (exact) mass is 328 g/mol. The van der Waals surface area contributed by atoms with Crippen molar-refractivity contribution >= 4 is 15.9 Å². The van der Waals surface area contributed by atoms with Crippen molar-refractivity contribution in [1.82, 2.24) is 4.72 Å². The fourth-order valence-corrected chi connectivity index (χ4v) is 4.36. The minimum absolute atomic E-state index is 0.581. The molecule has 0 saturated carbocycles. The largest absolute Gasteiger partial charge is 0.321 e. The summed E-state index contributed by atoms with van der Waals surface area (Å²) in [5.41, 5.74) is 1.55. The first-order valence-electron chi connectivity index (χ1n) is 7.83. The van der Waals surface area contributed by atoms with Crippen molar-refractivity contribution in [3.05, 3.63) is 71.8 Å². The molecule has 3 rings (SSSR count). The predicted octanol–water partition coefficient (Wildman–Crippen LogP) is 3.41. The Kier molecular flexibility index (Phi) is 4.33. The fourth-order valence-electron chi connectivity index (χ4n) is 3.06. The molecule has 2 aromatic rings. The highest BCUT2D eigenvalue weighted by molar-refractivity contribution is 7.88. The van der Waals surface area contributed by atoms with Crippen LogP contribution in [0.15, 0.2) is 65.1 Å². The Balaban J connectivity index is 2.19. The van der Waals surface area contributed by atoms with Crippen molar-refractivity contribution in [3.63, 3.8) is 0 Å². The van der Waals surface area contributed by atoms with E-state index in [1.807, 2.05) is 60.7 Å². The van der Waals surface area contributed by atoms with Crippen molar-refractivity contribution in [2.75, 3.05) is 0 Å². The molecule has 1 aliphatic rings. The number of benzene rings is 2. The van der Waals surface area contributed by atoms with Gasteiger partial charge in [-0.25, -0.2) is 0 Å². The maximum atomic E-state index is 12.3. The number of hydrogen-bond donors (Lipinski definition) is 1. The second-order valence-electron chi connectivity index (χ2n) is 5.76. The Labute approximate surface area is 137 Å². The highest BCUT2D eigenvalue weighted by Crippen LogP contribution is 2.37. The first kappa shape index (κ1) is 15.9. The number of rotatable bonds is 5. The normalized spacial score (nSPS) is 22.7. The molecule has 0 fully saturated rings. The molecule has 0 aromatic heterocycles. The zero-order chi connectivity index (χ0) is 16.3. The number of nitrogens with one attached hydrogen (secondary N) is 1. The van der Waals surface area contributed by atoms with Gasteiger partial charge in [0.05, 0.1) is 5.71 Å². The zero-order valence-corrected chi connectivity index (χ0v) is 13.9. The first-order chi connectivity index (χ1) is 11.1. The van der Waals surface area contributed by atoms with Crippen LogP contribution < -0.4 is 4.72 Å². The molecule has 1 atom stereocenters. The van der Waals surface area contributed by atoms with Crippen LogP contribution in [-0.2, 0) is 15.7 Å². The van der Waals surface area contributed by atoms with Crippen LogP contribution in [0, 0.1) is 0 Å². The molecule has 2 aromatic carbocycles. The lowest BCUT2D eigenvalue weighted by atomic mass is 9.79. The van der Waals surface area contributed by atoms with Crippen LogP contribution in [0.5, 0.6) is 0 Å². The molecule has 1 heterocycles. The lowest BCUT2D eigenvalue weighted by Crippen LogP contribution is -2.46. The fraction of sp³-hybridized carbons (Fsp3) is 0.278. The third kappa shape index (κ3) is 3.07. The van der Waals surface area contributed by atoms with Gasteiger partial charge in [-0.1, -0.05) is 80.4 Å². The van der Waals surface area contributed by atoms with E-state index in [0.29, 0.717) is 12.1 Å². The summed E-state index contributed by atoms with van der Waals surface area (Å²) in [4.78, 5) is 0. The molecule has 0 bridgehead atoms. The van der Waals surface area contributed by atoms with Crippen molar-refractivity contribution in [2.45, 2.75) is 31.7 Å². The van der Waals surface area contributed by atoms with Crippen molar-refractivity contribution in [3.8, 4) is 0 Å². The topological polar surface area (TPSA) is 58.5 Å². The van der Waals surface area contributed by atoms with E-state index in [2.05, 4.69) is 16.0 Å². The highest BCUT2D eigenvalue weighted by atomic mass is 32.2. The summed E-state index contributed by atoms with van der Waals surface area (Å²) in [6.45, 7) is 2.10. The van der Waals surface area contributed by atoms with Gasteiger partial charge in [0, 0.05) is 0 Å². The molecule has 23 heavy (non-hydrogen) atoms. The SMILES string of the molecule is CCCCC1(c2ccccc2)NS(=O)(=O)N=C1c1ccccc1. The van der Waals surface area contributed by atoms with Crippen molar-refractivity contribution < 1.29 is 8.42 Å². The van der Waals surface area contributed by atoms with Crippen molar-refractivity contribution in [1.29, 1.82) is 0 Å². The van der Waals surface area contributed by atoms with Gasteiger partial charge in [-0.05, 0) is 17.5 Å². The van der Waals surface area contributed by atoms with Gasteiger partial charge in [0.1, 0.15) is 5.54 Å². The summed E-state index contributed by atoms with van der Waals surface area (Å²) in [5.74, 6) is 0. The molecule has 0 amide bonds. The minimum Gasteiger partial charge on any atom is -0.187 e. The van der Waals surface area contributed by atoms with E-state index in [-0.39, 0.29) is 0 Å². The summed E-state index contributed by atoms with van der Waals surface area (Å²) < 4.78 is 31.4. The smallest absolute Gasteiger partial charge is 0.187 e. The Morgan fingerprint density at radius 3 is 2.22 bits per heavy atom. The molecule has 0 radical (unpaired) electrons. The van der Waals surface area contributed by atoms with Crippen LogP contribution in [0.2, 0.25) is 0 Å². The van der Waals surface area contributed by atoms with Crippen molar-refractivity contribution in [2.24, 2.45) is 4.40 Å². The third-order valence-corrected chi connectivity index (χ3v) is 5.17. The van der Waals surface area contributed by atoms with Gasteiger partial charge in [0.15, 0.2) is 0 Å². The molecule has 1 N–H and O–H groups in total. The van der Waals surface area contributed by atoms with E-state index in [0.717, 1.165) is 24.0 Å². The summed E-state index contributed by atoms with van der Waals surface area (Å²) in [7, 11) is -3.69. The standard InChI is InChI=1S/C18H20N2O2S/c1-2-3-14-18(16-12-8-5-9-13-16)17(19-23(21,22)20-18)15-10-6-4-7-11-15/h4-13,20H,2-3,14H2,1H3. The molecule has 5 heteroatoms. The molecule has 1 aliphatic heterocycles. The average Bonchev–Trinajstić information content (AvgIpc) is 2.87. The lowest BCUT2D eigenvalue weighted by molar-refractivity contribution is 0.473. The van der Waals surface area contributed by atoms with Gasteiger partial charge in [-0.3, -0.25) is 0 Å². The molecule has 0 spiro atoms. The van der Waals surface area contributed by atoms with Crippen LogP contribution in [0.25, 0.3) is 0 Å². The Morgan fingerprint density at radius 2 is 1.61 bits per heavy atom. The molecular weight excluding hydrogens is 308 g/mol. The van der Waals surface area contributed by atoms with Crippen LogP contribution in [0.4, 0.5) is 0 Å². The molecular formula is C18H20N2O2S. The maximum Gasteiger partial charge on any atom is 0.321 e. The predicted molar refractivity (Wildman–Crippen MR) is 92.7 cm³/mol. The van der Waals surface area contributed by atoms with Gasteiger partial charge in [0.25, 0.3) is 0 Å². The van der Waals surface area contributed by atoms with Gasteiger partial charge in [0.2, 0.25) is 0 Å². The summed E-state index contributed by atoms with van der Waals surface area (Å²) >= 11 is 0. The Bertz CT molecular complexity index is 801. The van der Waals surface area contributed by atoms with E-state index in [1.165, 1.54) is 0 Å². The van der Waals surface area contributed by atoms with Crippen LogP contribution in [0.1, 0.15) is 37.3 Å². The molecule has 0 aliphatic carbocycles. The second-order valence-corrected chi connectivity index (χ2v) is 7.09. The number of unbranched alkanes of at least 4 members (excludes halogenated alkanes) is 1.